The van der Waals surface area contributed by atoms with E-state index in [0.29, 0.717) is 11.2 Å². The van der Waals surface area contributed by atoms with Crippen LogP contribution in [0.2, 0.25) is 0 Å². The van der Waals surface area contributed by atoms with Gasteiger partial charge in [0.05, 0.1) is 0 Å². The van der Waals surface area contributed by atoms with E-state index < -0.39 is 0 Å². The largest absolute Gasteiger partial charge is 0.317 e. The minimum atomic E-state index is 0. The van der Waals surface area contributed by atoms with Gasteiger partial charge in [-0.3, -0.25) is 0 Å². The highest BCUT2D eigenvalue weighted by molar-refractivity contribution is 8.03. The summed E-state index contributed by atoms with van der Waals surface area (Å²) in [6.07, 6.45) is 2.36. The lowest BCUT2D eigenvalue weighted by Crippen LogP contribution is -2.27. The molecule has 2 heterocycles. The fraction of sp³-hybridized carbons (Fsp3) is 0.846. The highest BCUT2D eigenvalue weighted by Crippen LogP contribution is 2.26. The molecule has 0 aliphatic carbocycles. The summed E-state index contributed by atoms with van der Waals surface area (Å²) in [6.45, 7) is 6.69. The molecule has 1 aromatic rings. The number of nitrogens with one attached hydrogen (secondary N) is 1. The Morgan fingerprint density at radius 3 is 2.60 bits per heavy atom. The van der Waals surface area contributed by atoms with Crippen molar-refractivity contribution in [1.29, 1.82) is 0 Å². The van der Waals surface area contributed by atoms with Crippen molar-refractivity contribution in [1.82, 2.24) is 20.1 Å². The van der Waals surface area contributed by atoms with E-state index >= 15 is 0 Å². The topological polar surface area (TPSA) is 42.7 Å². The fourth-order valence-corrected chi connectivity index (χ4v) is 4.06. The minimum absolute atomic E-state index is 0. The van der Waals surface area contributed by atoms with Gasteiger partial charge in [0.15, 0.2) is 5.16 Å². The molecule has 1 aliphatic rings. The zero-order valence-corrected chi connectivity index (χ0v) is 14.9. The number of nitrogens with zero attached hydrogens (tertiary/aromatic N) is 3. The van der Waals surface area contributed by atoms with Crippen molar-refractivity contribution >= 4 is 35.9 Å². The molecule has 0 aromatic carbocycles. The molecular formula is C13H25ClN4S2. The summed E-state index contributed by atoms with van der Waals surface area (Å²) in [7, 11) is 2.11. The van der Waals surface area contributed by atoms with Gasteiger partial charge in [0.2, 0.25) is 0 Å². The number of hydrogen-bond donors (Lipinski definition) is 1. The van der Waals surface area contributed by atoms with Gasteiger partial charge in [0, 0.05) is 24.5 Å². The van der Waals surface area contributed by atoms with E-state index in [9.17, 15) is 0 Å². The molecule has 7 heteroatoms. The van der Waals surface area contributed by atoms with Gasteiger partial charge in [-0.1, -0.05) is 25.6 Å². The Labute approximate surface area is 136 Å². The number of hydrogen-bond acceptors (Lipinski definition) is 5. The van der Waals surface area contributed by atoms with Crippen LogP contribution in [0.3, 0.4) is 0 Å². The van der Waals surface area contributed by atoms with E-state index in [1.165, 1.54) is 24.4 Å². The summed E-state index contributed by atoms with van der Waals surface area (Å²) in [5.74, 6) is 4.04. The molecule has 2 rings (SSSR count). The van der Waals surface area contributed by atoms with Crippen LogP contribution in [-0.4, -0.2) is 44.6 Å². The first-order valence-electron chi connectivity index (χ1n) is 7.03. The zero-order valence-electron chi connectivity index (χ0n) is 12.5. The van der Waals surface area contributed by atoms with Crippen LogP contribution in [0.4, 0.5) is 0 Å². The average Bonchev–Trinajstić information content (AvgIpc) is 2.77. The van der Waals surface area contributed by atoms with Crippen LogP contribution in [0.1, 0.15) is 38.4 Å². The summed E-state index contributed by atoms with van der Waals surface area (Å²) in [5, 5.41) is 13.9. The normalized spacial score (nSPS) is 16.4. The first-order valence-corrected chi connectivity index (χ1v) is 9.06. The van der Waals surface area contributed by atoms with Crippen LogP contribution in [0.5, 0.6) is 0 Å². The van der Waals surface area contributed by atoms with Crippen LogP contribution in [0.15, 0.2) is 5.16 Å². The van der Waals surface area contributed by atoms with Crippen LogP contribution in [0, 0.1) is 0 Å². The molecule has 1 aromatic heterocycles. The van der Waals surface area contributed by atoms with Crippen molar-refractivity contribution in [2.24, 2.45) is 7.05 Å². The van der Waals surface area contributed by atoms with Gasteiger partial charge < -0.3 is 9.88 Å². The van der Waals surface area contributed by atoms with Crippen molar-refractivity contribution < 1.29 is 0 Å². The maximum absolute atomic E-state index is 4.41. The summed E-state index contributed by atoms with van der Waals surface area (Å²) >= 11 is 3.83. The molecule has 1 fully saturated rings. The zero-order chi connectivity index (χ0) is 13.7. The maximum atomic E-state index is 4.41. The molecule has 0 radical (unpaired) electrons. The van der Waals surface area contributed by atoms with E-state index in [2.05, 4.69) is 41.0 Å². The molecule has 4 nitrogen and oxygen atoms in total. The third kappa shape index (κ3) is 5.13. The SMILES string of the molecule is CC(C)SCCSc1nnc(C2CCNCC2)n1C.Cl. The lowest BCUT2D eigenvalue weighted by molar-refractivity contribution is 0.434. The highest BCUT2D eigenvalue weighted by Gasteiger charge is 2.21. The Morgan fingerprint density at radius 1 is 1.25 bits per heavy atom. The van der Waals surface area contributed by atoms with Gasteiger partial charge in [0.25, 0.3) is 0 Å². The standard InChI is InChI=1S/C13H24N4S2.ClH/c1-10(2)18-8-9-19-13-16-15-12(17(13)3)11-4-6-14-7-5-11;/h10-11,14H,4-9H2,1-3H3;1H. The molecule has 0 spiro atoms. The van der Waals surface area contributed by atoms with Crippen LogP contribution < -0.4 is 5.32 Å². The fourth-order valence-electron chi connectivity index (χ4n) is 2.30. The van der Waals surface area contributed by atoms with E-state index in [1.807, 2.05) is 23.5 Å². The molecule has 20 heavy (non-hydrogen) atoms. The van der Waals surface area contributed by atoms with E-state index in [1.54, 1.807) is 0 Å². The smallest absolute Gasteiger partial charge is 0.190 e. The monoisotopic (exact) mass is 336 g/mol. The molecule has 1 N–H and O–H groups in total. The van der Waals surface area contributed by atoms with Gasteiger partial charge in [-0.15, -0.1) is 22.6 Å². The first kappa shape index (κ1) is 18.1. The van der Waals surface area contributed by atoms with E-state index in [4.69, 9.17) is 0 Å². The molecule has 0 unspecified atom stereocenters. The third-order valence-corrected chi connectivity index (χ3v) is 5.73. The van der Waals surface area contributed by atoms with Gasteiger partial charge in [0.1, 0.15) is 5.82 Å². The molecule has 116 valence electrons. The lowest BCUT2D eigenvalue weighted by atomic mass is 9.97. The number of piperidine rings is 1. The summed E-state index contributed by atoms with van der Waals surface area (Å²) in [4.78, 5) is 0. The van der Waals surface area contributed by atoms with Gasteiger partial charge in [-0.2, -0.15) is 11.8 Å². The van der Waals surface area contributed by atoms with Crippen LogP contribution in [-0.2, 0) is 7.05 Å². The van der Waals surface area contributed by atoms with Crippen LogP contribution in [0.25, 0.3) is 0 Å². The second kappa shape index (κ2) is 9.18. The van der Waals surface area contributed by atoms with Crippen molar-refractivity contribution in [3.8, 4) is 0 Å². The van der Waals surface area contributed by atoms with Crippen molar-refractivity contribution in [3.63, 3.8) is 0 Å². The molecule has 0 amide bonds. The lowest BCUT2D eigenvalue weighted by Gasteiger charge is -2.21. The molecule has 0 saturated carbocycles. The Morgan fingerprint density at radius 2 is 1.95 bits per heavy atom. The Hall–Kier alpha value is 0.0900. The predicted octanol–water partition coefficient (Wildman–Crippen LogP) is 2.94. The second-order valence-corrected chi connectivity index (χ2v) is 7.94. The van der Waals surface area contributed by atoms with Gasteiger partial charge in [-0.25, -0.2) is 0 Å². The van der Waals surface area contributed by atoms with Crippen molar-refractivity contribution in [2.45, 2.75) is 43.0 Å². The summed E-state index contributed by atoms with van der Waals surface area (Å²) in [5.41, 5.74) is 0. The van der Waals surface area contributed by atoms with E-state index in [-0.39, 0.29) is 12.4 Å². The quantitative estimate of drug-likeness (QED) is 0.639. The predicted molar refractivity (Wildman–Crippen MR) is 91.4 cm³/mol. The van der Waals surface area contributed by atoms with E-state index in [0.717, 1.165) is 24.0 Å². The molecular weight excluding hydrogens is 312 g/mol. The third-order valence-electron chi connectivity index (χ3n) is 3.34. The number of aromatic nitrogens is 3. The van der Waals surface area contributed by atoms with Crippen molar-refractivity contribution in [3.05, 3.63) is 5.82 Å². The van der Waals surface area contributed by atoms with Gasteiger partial charge >= 0.3 is 0 Å². The van der Waals surface area contributed by atoms with Gasteiger partial charge in [-0.05, 0) is 31.2 Å². The number of halogens is 1. The first-order chi connectivity index (χ1) is 9.18. The Balaban J connectivity index is 0.00000200. The molecule has 1 saturated heterocycles. The Bertz CT molecular complexity index is 392. The summed E-state index contributed by atoms with van der Waals surface area (Å²) in [6, 6.07) is 0. The molecule has 1 aliphatic heterocycles. The van der Waals surface area contributed by atoms with Crippen LogP contribution >= 0.6 is 35.9 Å². The average molecular weight is 337 g/mol. The Kier molecular flexibility index (Phi) is 8.32. The maximum Gasteiger partial charge on any atom is 0.190 e. The molecule has 0 atom stereocenters. The van der Waals surface area contributed by atoms with Crippen molar-refractivity contribution in [2.75, 3.05) is 24.6 Å². The molecule has 0 bridgehead atoms. The summed E-state index contributed by atoms with van der Waals surface area (Å²) < 4.78 is 2.20. The number of thioether (sulfide) groups is 2. The second-order valence-electron chi connectivity index (χ2n) is 5.19. The highest BCUT2D eigenvalue weighted by atomic mass is 35.5. The number of rotatable bonds is 6. The minimum Gasteiger partial charge on any atom is -0.317 e.